The van der Waals surface area contributed by atoms with Crippen molar-refractivity contribution in [2.24, 2.45) is 0 Å². The second-order valence-electron chi connectivity index (χ2n) is 6.85. The van der Waals surface area contributed by atoms with Gasteiger partial charge in [0.1, 0.15) is 5.82 Å². The second kappa shape index (κ2) is 8.06. The van der Waals surface area contributed by atoms with Gasteiger partial charge in [-0.2, -0.15) is 0 Å². The predicted molar refractivity (Wildman–Crippen MR) is 99.0 cm³/mol. The molecule has 1 spiro atoms. The van der Waals surface area contributed by atoms with Gasteiger partial charge in [-0.1, -0.05) is 25.8 Å². The molecule has 7 heteroatoms. The van der Waals surface area contributed by atoms with Gasteiger partial charge in [0.15, 0.2) is 5.79 Å². The van der Waals surface area contributed by atoms with Gasteiger partial charge < -0.3 is 9.47 Å². The highest BCUT2D eigenvalue weighted by atomic mass is 32.2. The Bertz CT molecular complexity index is 757. The van der Waals surface area contributed by atoms with Crippen molar-refractivity contribution in [2.75, 3.05) is 17.9 Å². The third-order valence-corrected chi connectivity index (χ3v) is 6.58. The van der Waals surface area contributed by atoms with Crippen LogP contribution in [0.15, 0.2) is 30.4 Å². The van der Waals surface area contributed by atoms with Crippen molar-refractivity contribution >= 4 is 15.7 Å². The maximum Gasteiger partial charge on any atom is 0.239 e. The number of rotatable bonds is 7. The summed E-state index contributed by atoms with van der Waals surface area (Å²) in [6, 6.07) is 4.21. The summed E-state index contributed by atoms with van der Waals surface area (Å²) in [5.74, 6) is -1.11. The van der Waals surface area contributed by atoms with E-state index < -0.39 is 21.1 Å². The molecule has 1 saturated heterocycles. The fraction of sp³-hybridized carbons (Fsp3) is 0.579. The molecule has 1 aliphatic carbocycles. The largest absolute Gasteiger partial charge is 0.344 e. The quantitative estimate of drug-likeness (QED) is 0.575. The maximum absolute atomic E-state index is 13.6. The molecule has 0 saturated carbocycles. The zero-order valence-electron chi connectivity index (χ0n) is 15.0. The standard InChI is InChI=1S/C19H26FNO4S/c1-2-3-4-5-15-14-16(20)6-7-18(15)21-26(22,23)17-8-10-19(11-9-17)24-12-13-25-19/h6-8,10,14,17,21H,2-5,9,11-13H2,1H3. The molecule has 5 nitrogen and oxygen atoms in total. The molecule has 0 radical (unpaired) electrons. The third kappa shape index (κ3) is 4.45. The Balaban J connectivity index is 1.73. The van der Waals surface area contributed by atoms with E-state index in [4.69, 9.17) is 9.47 Å². The molecule has 26 heavy (non-hydrogen) atoms. The van der Waals surface area contributed by atoms with E-state index in [1.807, 2.05) is 0 Å². The number of hydrogen-bond acceptors (Lipinski definition) is 4. The van der Waals surface area contributed by atoms with E-state index in [9.17, 15) is 12.8 Å². The first kappa shape index (κ1) is 19.3. The van der Waals surface area contributed by atoms with Crippen LogP contribution in [0.5, 0.6) is 0 Å². The van der Waals surface area contributed by atoms with E-state index in [1.54, 1.807) is 12.2 Å². The van der Waals surface area contributed by atoms with E-state index in [0.717, 1.165) is 19.3 Å². The highest BCUT2D eigenvalue weighted by Crippen LogP contribution is 2.33. The summed E-state index contributed by atoms with van der Waals surface area (Å²) in [5, 5.41) is -0.658. The van der Waals surface area contributed by atoms with Crippen LogP contribution in [0.1, 0.15) is 44.6 Å². The first-order valence-corrected chi connectivity index (χ1v) is 10.8. The Morgan fingerprint density at radius 1 is 1.27 bits per heavy atom. The zero-order valence-corrected chi connectivity index (χ0v) is 15.9. The Labute approximate surface area is 154 Å². The van der Waals surface area contributed by atoms with Gasteiger partial charge in [-0.15, -0.1) is 0 Å². The first-order valence-electron chi connectivity index (χ1n) is 9.21. The lowest BCUT2D eigenvalue weighted by Gasteiger charge is -2.30. The van der Waals surface area contributed by atoms with E-state index in [0.29, 0.717) is 43.7 Å². The van der Waals surface area contributed by atoms with Gasteiger partial charge >= 0.3 is 0 Å². The SMILES string of the molecule is CCCCCc1cc(F)ccc1NS(=O)(=O)C1C=CC2(CC1)OCCO2. The molecular formula is C19H26FNO4S. The van der Waals surface area contributed by atoms with Crippen LogP contribution in [0.4, 0.5) is 10.1 Å². The lowest BCUT2D eigenvalue weighted by Crippen LogP contribution is -2.37. The maximum atomic E-state index is 13.6. The number of hydrogen-bond donors (Lipinski definition) is 1. The molecule has 0 bridgehead atoms. The van der Waals surface area contributed by atoms with Crippen LogP contribution < -0.4 is 4.72 Å². The van der Waals surface area contributed by atoms with Gasteiger partial charge in [-0.3, -0.25) is 4.72 Å². The van der Waals surface area contributed by atoms with Crippen molar-refractivity contribution < 1.29 is 22.3 Å². The number of ether oxygens (including phenoxy) is 2. The lowest BCUT2D eigenvalue weighted by atomic mass is 10.0. The highest BCUT2D eigenvalue weighted by Gasteiger charge is 2.39. The molecule has 144 valence electrons. The molecule has 0 amide bonds. The molecule has 1 aromatic rings. The summed E-state index contributed by atoms with van der Waals surface area (Å²) in [5.41, 5.74) is 1.16. The molecule has 1 atom stereocenters. The number of nitrogens with one attached hydrogen (secondary N) is 1. The van der Waals surface area contributed by atoms with Crippen molar-refractivity contribution in [3.8, 4) is 0 Å². The molecule has 1 aromatic carbocycles. The number of benzene rings is 1. The van der Waals surface area contributed by atoms with Crippen molar-refractivity contribution in [1.82, 2.24) is 0 Å². The molecular weight excluding hydrogens is 357 g/mol. The number of anilines is 1. The van der Waals surface area contributed by atoms with Gasteiger partial charge in [0, 0.05) is 6.42 Å². The second-order valence-corrected chi connectivity index (χ2v) is 8.75. The molecule has 1 fully saturated rings. The number of sulfonamides is 1. The summed E-state index contributed by atoms with van der Waals surface area (Å²) < 4.78 is 53.0. The summed E-state index contributed by atoms with van der Waals surface area (Å²) in [6.07, 6.45) is 7.88. The zero-order chi connectivity index (χ0) is 18.6. The van der Waals surface area contributed by atoms with Crippen LogP contribution in [0.2, 0.25) is 0 Å². The Morgan fingerprint density at radius 3 is 2.69 bits per heavy atom. The highest BCUT2D eigenvalue weighted by molar-refractivity contribution is 7.93. The Kier molecular flexibility index (Phi) is 5.99. The van der Waals surface area contributed by atoms with Crippen LogP contribution in [0.3, 0.4) is 0 Å². The van der Waals surface area contributed by atoms with Crippen molar-refractivity contribution in [3.63, 3.8) is 0 Å². The summed E-state index contributed by atoms with van der Waals surface area (Å²) in [4.78, 5) is 0. The van der Waals surface area contributed by atoms with E-state index in [1.165, 1.54) is 18.2 Å². The van der Waals surface area contributed by atoms with Crippen LogP contribution in [-0.4, -0.2) is 32.7 Å². The van der Waals surface area contributed by atoms with Crippen LogP contribution in [0, 0.1) is 5.82 Å². The van der Waals surface area contributed by atoms with Gasteiger partial charge in [-0.25, -0.2) is 12.8 Å². The van der Waals surface area contributed by atoms with Crippen molar-refractivity contribution in [1.29, 1.82) is 0 Å². The molecule has 1 aliphatic heterocycles. The van der Waals surface area contributed by atoms with Crippen LogP contribution in [-0.2, 0) is 25.9 Å². The Hall–Kier alpha value is -1.44. The van der Waals surface area contributed by atoms with E-state index >= 15 is 0 Å². The summed E-state index contributed by atoms with van der Waals surface area (Å²) >= 11 is 0. The summed E-state index contributed by atoms with van der Waals surface area (Å²) in [7, 11) is -3.62. The van der Waals surface area contributed by atoms with E-state index in [2.05, 4.69) is 11.6 Å². The van der Waals surface area contributed by atoms with Gasteiger partial charge in [0.2, 0.25) is 10.0 Å². The van der Waals surface area contributed by atoms with Crippen LogP contribution >= 0.6 is 0 Å². The third-order valence-electron chi connectivity index (χ3n) is 4.89. The van der Waals surface area contributed by atoms with Crippen molar-refractivity contribution in [2.45, 2.75) is 56.5 Å². The average Bonchev–Trinajstić information content (AvgIpc) is 3.06. The molecule has 1 N–H and O–H groups in total. The number of aryl methyl sites for hydroxylation is 1. The smallest absolute Gasteiger partial charge is 0.239 e. The normalized spacial score (nSPS) is 22.0. The fourth-order valence-corrected chi connectivity index (χ4v) is 4.78. The van der Waals surface area contributed by atoms with Crippen LogP contribution in [0.25, 0.3) is 0 Å². The summed E-state index contributed by atoms with van der Waals surface area (Å²) in [6.45, 7) is 3.14. The minimum Gasteiger partial charge on any atom is -0.344 e. The minimum atomic E-state index is -3.62. The number of unbranched alkanes of at least 4 members (excludes halogenated alkanes) is 2. The molecule has 1 unspecified atom stereocenters. The monoisotopic (exact) mass is 383 g/mol. The number of halogens is 1. The van der Waals surface area contributed by atoms with Gasteiger partial charge in [0.25, 0.3) is 0 Å². The van der Waals surface area contributed by atoms with Gasteiger partial charge in [0.05, 0.1) is 24.2 Å². The van der Waals surface area contributed by atoms with Gasteiger partial charge in [-0.05, 0) is 49.1 Å². The topological polar surface area (TPSA) is 64.6 Å². The first-order chi connectivity index (χ1) is 12.4. The fourth-order valence-electron chi connectivity index (χ4n) is 3.41. The molecule has 0 aromatic heterocycles. The molecule has 1 heterocycles. The minimum absolute atomic E-state index is 0.352. The van der Waals surface area contributed by atoms with Crippen molar-refractivity contribution in [3.05, 3.63) is 41.7 Å². The lowest BCUT2D eigenvalue weighted by molar-refractivity contribution is -0.124. The predicted octanol–water partition coefficient (Wildman–Crippen LogP) is 3.76. The van der Waals surface area contributed by atoms with E-state index in [-0.39, 0.29) is 5.82 Å². The Morgan fingerprint density at radius 2 is 2.04 bits per heavy atom. The molecule has 3 rings (SSSR count). The molecule has 2 aliphatic rings. The average molecular weight is 383 g/mol.